The molecular weight excluding hydrogens is 340 g/mol. The molecule has 0 bridgehead atoms. The first-order chi connectivity index (χ1) is 11.8. The molecule has 2 atom stereocenters. The number of amides is 1. The predicted molar refractivity (Wildman–Crippen MR) is 93.5 cm³/mol. The van der Waals surface area contributed by atoms with E-state index in [9.17, 15) is 4.79 Å². The summed E-state index contributed by atoms with van der Waals surface area (Å²) in [6.45, 7) is 6.42. The minimum atomic E-state index is -0.400. The second-order valence-electron chi connectivity index (χ2n) is 7.93. The van der Waals surface area contributed by atoms with Gasteiger partial charge in [-0.15, -0.1) is 0 Å². The van der Waals surface area contributed by atoms with Crippen molar-refractivity contribution >= 4 is 17.5 Å². The molecule has 2 N–H and O–H groups in total. The predicted octanol–water partition coefficient (Wildman–Crippen LogP) is 2.72. The summed E-state index contributed by atoms with van der Waals surface area (Å²) in [5.41, 5.74) is 6.32. The molecule has 1 amide bonds. The number of likely N-dealkylation sites (tertiary alicyclic amines) is 1. The lowest BCUT2D eigenvalue weighted by Gasteiger charge is -2.54. The molecule has 1 aliphatic heterocycles. The highest BCUT2D eigenvalue weighted by molar-refractivity contribution is 6.30. The maximum Gasteiger partial charge on any atom is 0.241 e. The Bertz CT molecular complexity index is 817. The fraction of sp³-hybridized carbons (Fsp3) is 0.500. The fourth-order valence-corrected chi connectivity index (χ4v) is 4.80. The van der Waals surface area contributed by atoms with Crippen molar-refractivity contribution in [1.29, 1.82) is 0 Å². The standard InChI is InChI=1S/C18H21ClN4O2/c1-17(2)9-18(16(20)24)10-23(7-13(17)18)8-14-21-15(22-25-14)11-3-5-12(19)6-4-11/h3-6,13H,7-10H2,1-2H3,(H2,20,24)/t13-,18+/m1/s1. The SMILES string of the molecule is CC1(C)C[C@]2(C(N)=O)CN(Cc3nc(-c4ccc(Cl)cc4)no3)C[C@H]12. The molecule has 132 valence electrons. The quantitative estimate of drug-likeness (QED) is 0.906. The minimum absolute atomic E-state index is 0.146. The van der Waals surface area contributed by atoms with Crippen LogP contribution in [0.4, 0.5) is 0 Å². The Morgan fingerprint density at radius 2 is 2.12 bits per heavy atom. The molecule has 0 unspecified atom stereocenters. The molecule has 1 saturated heterocycles. The van der Waals surface area contributed by atoms with Crippen molar-refractivity contribution in [3.63, 3.8) is 0 Å². The summed E-state index contributed by atoms with van der Waals surface area (Å²) in [4.78, 5) is 18.7. The second kappa shape index (κ2) is 5.54. The molecule has 2 aromatic rings. The van der Waals surface area contributed by atoms with E-state index < -0.39 is 5.41 Å². The van der Waals surface area contributed by atoms with Crippen molar-refractivity contribution in [1.82, 2.24) is 15.0 Å². The number of halogens is 1. The maximum atomic E-state index is 12.0. The lowest BCUT2D eigenvalue weighted by atomic mass is 9.48. The van der Waals surface area contributed by atoms with Crippen molar-refractivity contribution in [3.8, 4) is 11.4 Å². The summed E-state index contributed by atoms with van der Waals surface area (Å²) in [5, 5.41) is 4.71. The summed E-state index contributed by atoms with van der Waals surface area (Å²) < 4.78 is 5.40. The van der Waals surface area contributed by atoms with Crippen LogP contribution in [0.2, 0.25) is 5.02 Å². The van der Waals surface area contributed by atoms with Crippen molar-refractivity contribution in [2.75, 3.05) is 13.1 Å². The van der Waals surface area contributed by atoms with Gasteiger partial charge in [0, 0.05) is 23.7 Å². The number of hydrogen-bond acceptors (Lipinski definition) is 5. The lowest BCUT2D eigenvalue weighted by molar-refractivity contribution is -0.148. The molecule has 25 heavy (non-hydrogen) atoms. The van der Waals surface area contributed by atoms with E-state index in [1.807, 2.05) is 12.1 Å². The number of carbonyl (C=O) groups excluding carboxylic acids is 1. The normalized spacial score (nSPS) is 27.7. The van der Waals surface area contributed by atoms with Crippen molar-refractivity contribution in [3.05, 3.63) is 35.2 Å². The summed E-state index contributed by atoms with van der Waals surface area (Å²) in [6, 6.07) is 7.31. The number of hydrogen-bond donors (Lipinski definition) is 1. The van der Waals surface area contributed by atoms with E-state index in [4.69, 9.17) is 21.9 Å². The van der Waals surface area contributed by atoms with Gasteiger partial charge in [-0.25, -0.2) is 0 Å². The van der Waals surface area contributed by atoms with Crippen LogP contribution in [0.5, 0.6) is 0 Å². The summed E-state index contributed by atoms with van der Waals surface area (Å²) in [7, 11) is 0. The zero-order valence-corrected chi connectivity index (χ0v) is 15.1. The van der Waals surface area contributed by atoms with Gasteiger partial charge in [0.1, 0.15) is 0 Å². The molecule has 0 radical (unpaired) electrons. The number of nitrogens with zero attached hydrogens (tertiary/aromatic N) is 3. The third-order valence-corrected chi connectivity index (χ3v) is 6.00. The highest BCUT2D eigenvalue weighted by atomic mass is 35.5. The number of rotatable bonds is 4. The van der Waals surface area contributed by atoms with Crippen LogP contribution in [0.15, 0.2) is 28.8 Å². The van der Waals surface area contributed by atoms with Crippen LogP contribution in [-0.4, -0.2) is 34.0 Å². The van der Waals surface area contributed by atoms with Gasteiger partial charge in [-0.1, -0.05) is 30.6 Å². The van der Waals surface area contributed by atoms with Gasteiger partial charge in [-0.05, 0) is 42.0 Å². The second-order valence-corrected chi connectivity index (χ2v) is 8.36. The third kappa shape index (κ3) is 2.64. The van der Waals surface area contributed by atoms with E-state index in [-0.39, 0.29) is 17.2 Å². The Morgan fingerprint density at radius 3 is 2.72 bits per heavy atom. The first-order valence-electron chi connectivity index (χ1n) is 8.41. The number of fused-ring (bicyclic) bond motifs is 1. The Labute approximate surface area is 151 Å². The number of benzene rings is 1. The van der Waals surface area contributed by atoms with Gasteiger partial charge in [-0.3, -0.25) is 9.69 Å². The highest BCUT2D eigenvalue weighted by Crippen LogP contribution is 2.62. The average molecular weight is 361 g/mol. The first kappa shape index (κ1) is 16.5. The molecule has 4 rings (SSSR count). The largest absolute Gasteiger partial charge is 0.369 e. The number of nitrogens with two attached hydrogens (primary N) is 1. The van der Waals surface area contributed by atoms with Crippen LogP contribution < -0.4 is 5.73 Å². The molecule has 1 aromatic carbocycles. The number of primary amides is 1. The molecular formula is C18H21ClN4O2. The fourth-order valence-electron chi connectivity index (χ4n) is 4.67. The monoisotopic (exact) mass is 360 g/mol. The Kier molecular flexibility index (Phi) is 3.67. The van der Waals surface area contributed by atoms with Gasteiger partial charge < -0.3 is 10.3 Å². The zero-order chi connectivity index (χ0) is 17.8. The summed E-state index contributed by atoms with van der Waals surface area (Å²) in [6.07, 6.45) is 0.844. The number of carbonyl (C=O) groups is 1. The third-order valence-electron chi connectivity index (χ3n) is 5.75. The Morgan fingerprint density at radius 1 is 1.40 bits per heavy atom. The van der Waals surface area contributed by atoms with E-state index >= 15 is 0 Å². The maximum absolute atomic E-state index is 12.0. The van der Waals surface area contributed by atoms with Crippen molar-refractivity contribution < 1.29 is 9.32 Å². The molecule has 2 fully saturated rings. The van der Waals surface area contributed by atoms with E-state index in [2.05, 4.69) is 28.9 Å². The van der Waals surface area contributed by atoms with Gasteiger partial charge in [0.25, 0.3) is 0 Å². The van der Waals surface area contributed by atoms with Gasteiger partial charge in [0.15, 0.2) is 0 Å². The number of aromatic nitrogens is 2. The molecule has 1 saturated carbocycles. The van der Waals surface area contributed by atoms with E-state index in [1.54, 1.807) is 12.1 Å². The van der Waals surface area contributed by atoms with E-state index in [0.29, 0.717) is 29.8 Å². The Balaban J connectivity index is 1.49. The van der Waals surface area contributed by atoms with Crippen LogP contribution >= 0.6 is 11.6 Å². The molecule has 1 aromatic heterocycles. The smallest absolute Gasteiger partial charge is 0.241 e. The van der Waals surface area contributed by atoms with E-state index in [1.165, 1.54) is 0 Å². The summed E-state index contributed by atoms with van der Waals surface area (Å²) in [5.74, 6) is 1.19. The molecule has 2 aliphatic rings. The molecule has 6 nitrogen and oxygen atoms in total. The van der Waals surface area contributed by atoms with E-state index in [0.717, 1.165) is 18.5 Å². The van der Waals surface area contributed by atoms with Crippen LogP contribution in [-0.2, 0) is 11.3 Å². The molecule has 1 aliphatic carbocycles. The van der Waals surface area contributed by atoms with Crippen LogP contribution in [0, 0.1) is 16.7 Å². The highest BCUT2D eigenvalue weighted by Gasteiger charge is 2.65. The zero-order valence-electron chi connectivity index (χ0n) is 14.3. The molecule has 7 heteroatoms. The average Bonchev–Trinajstić information content (AvgIpc) is 3.12. The van der Waals surface area contributed by atoms with Gasteiger partial charge in [-0.2, -0.15) is 4.98 Å². The molecule has 0 spiro atoms. The van der Waals surface area contributed by atoms with Crippen LogP contribution in [0.3, 0.4) is 0 Å². The lowest BCUT2D eigenvalue weighted by Crippen LogP contribution is -2.59. The van der Waals surface area contributed by atoms with Crippen molar-refractivity contribution in [2.45, 2.75) is 26.8 Å². The van der Waals surface area contributed by atoms with Gasteiger partial charge >= 0.3 is 0 Å². The Hall–Kier alpha value is -1.92. The summed E-state index contributed by atoms with van der Waals surface area (Å²) >= 11 is 5.90. The van der Waals surface area contributed by atoms with Crippen LogP contribution in [0.25, 0.3) is 11.4 Å². The van der Waals surface area contributed by atoms with Crippen molar-refractivity contribution in [2.24, 2.45) is 22.5 Å². The molecule has 2 heterocycles. The van der Waals surface area contributed by atoms with Gasteiger partial charge in [0.05, 0.1) is 12.0 Å². The first-order valence-corrected chi connectivity index (χ1v) is 8.79. The minimum Gasteiger partial charge on any atom is -0.369 e. The topological polar surface area (TPSA) is 85.3 Å². The van der Waals surface area contributed by atoms with Gasteiger partial charge in [0.2, 0.25) is 17.6 Å². The van der Waals surface area contributed by atoms with Crippen LogP contribution in [0.1, 0.15) is 26.2 Å².